The molecule has 1 amide bonds. The predicted molar refractivity (Wildman–Crippen MR) is 72.7 cm³/mol. The van der Waals surface area contributed by atoms with Gasteiger partial charge in [0.25, 0.3) is 0 Å². The molecule has 20 heavy (non-hydrogen) atoms. The van der Waals surface area contributed by atoms with Crippen LogP contribution in [0.4, 0.5) is 4.79 Å². The fourth-order valence-electron chi connectivity index (χ4n) is 1.28. The van der Waals surface area contributed by atoms with Gasteiger partial charge in [-0.1, -0.05) is 0 Å². The second kappa shape index (κ2) is 6.38. The molecule has 0 heterocycles. The van der Waals surface area contributed by atoms with Gasteiger partial charge >= 0.3 is 12.1 Å². The highest BCUT2D eigenvalue weighted by Crippen LogP contribution is 2.14. The first-order valence-electron chi connectivity index (χ1n) is 6.12. The third kappa shape index (κ3) is 4.24. The van der Waals surface area contributed by atoms with Crippen LogP contribution in [0.15, 0.2) is 24.3 Å². The van der Waals surface area contributed by atoms with Crippen molar-refractivity contribution in [3.63, 3.8) is 0 Å². The molecule has 0 aliphatic heterocycles. The number of aliphatic hydroxyl groups is 1. The van der Waals surface area contributed by atoms with Gasteiger partial charge in [0.1, 0.15) is 5.75 Å². The number of benzene rings is 1. The number of hydrogen-bond acceptors (Lipinski definition) is 5. The predicted octanol–water partition coefficient (Wildman–Crippen LogP) is 1.72. The SMILES string of the molecule is COC(=O)c1ccc(OC(=O)NC(C)(C)C(C)O)cc1. The van der Waals surface area contributed by atoms with E-state index >= 15 is 0 Å². The van der Waals surface area contributed by atoms with Crippen molar-refractivity contribution in [2.45, 2.75) is 32.4 Å². The van der Waals surface area contributed by atoms with Crippen LogP contribution in [0, 0.1) is 0 Å². The summed E-state index contributed by atoms with van der Waals surface area (Å²) < 4.78 is 9.62. The maximum absolute atomic E-state index is 11.7. The molecule has 0 bridgehead atoms. The summed E-state index contributed by atoms with van der Waals surface area (Å²) in [5.74, 6) is -0.173. The number of ether oxygens (including phenoxy) is 2. The summed E-state index contributed by atoms with van der Waals surface area (Å²) >= 11 is 0. The molecular formula is C14H19NO5. The fourth-order valence-corrected chi connectivity index (χ4v) is 1.28. The molecule has 0 aliphatic rings. The lowest BCUT2D eigenvalue weighted by Gasteiger charge is -2.28. The molecule has 1 atom stereocenters. The van der Waals surface area contributed by atoms with E-state index in [4.69, 9.17) is 4.74 Å². The molecular weight excluding hydrogens is 262 g/mol. The van der Waals surface area contributed by atoms with Crippen LogP contribution in [0.5, 0.6) is 5.75 Å². The highest BCUT2D eigenvalue weighted by atomic mass is 16.6. The molecule has 1 unspecified atom stereocenters. The molecule has 1 aromatic carbocycles. The van der Waals surface area contributed by atoms with E-state index < -0.39 is 23.7 Å². The molecule has 0 spiro atoms. The third-order valence-corrected chi connectivity index (χ3v) is 2.95. The van der Waals surface area contributed by atoms with Gasteiger partial charge in [0.05, 0.1) is 24.3 Å². The van der Waals surface area contributed by atoms with E-state index in [0.29, 0.717) is 5.56 Å². The highest BCUT2D eigenvalue weighted by molar-refractivity contribution is 5.89. The van der Waals surface area contributed by atoms with Gasteiger partial charge in [0.2, 0.25) is 0 Å². The van der Waals surface area contributed by atoms with E-state index in [9.17, 15) is 14.7 Å². The summed E-state index contributed by atoms with van der Waals surface area (Å²) in [5, 5.41) is 12.0. The Balaban J connectivity index is 2.65. The lowest BCUT2D eigenvalue weighted by Crippen LogP contribution is -2.51. The van der Waals surface area contributed by atoms with E-state index in [0.717, 1.165) is 0 Å². The van der Waals surface area contributed by atoms with Gasteiger partial charge in [0, 0.05) is 0 Å². The number of carbonyl (C=O) groups is 2. The maximum atomic E-state index is 11.7. The van der Waals surface area contributed by atoms with Crippen LogP contribution in [-0.4, -0.2) is 35.9 Å². The molecule has 1 aromatic rings. The lowest BCUT2D eigenvalue weighted by atomic mass is 9.99. The van der Waals surface area contributed by atoms with Crippen LogP contribution >= 0.6 is 0 Å². The topological polar surface area (TPSA) is 84.9 Å². The van der Waals surface area contributed by atoms with Crippen molar-refractivity contribution >= 4 is 12.1 Å². The molecule has 0 saturated carbocycles. The summed E-state index contributed by atoms with van der Waals surface area (Å²) in [6.45, 7) is 4.93. The maximum Gasteiger partial charge on any atom is 0.413 e. The third-order valence-electron chi connectivity index (χ3n) is 2.95. The standard InChI is InChI=1S/C14H19NO5/c1-9(16)14(2,3)15-13(18)20-11-7-5-10(6-8-11)12(17)19-4/h5-9,16H,1-4H3,(H,15,18). The summed E-state index contributed by atoms with van der Waals surface area (Å²) in [5.41, 5.74) is -0.437. The Kier molecular flexibility index (Phi) is 5.10. The van der Waals surface area contributed by atoms with Gasteiger partial charge in [0.15, 0.2) is 0 Å². The molecule has 110 valence electrons. The zero-order valence-corrected chi connectivity index (χ0v) is 12.0. The van der Waals surface area contributed by atoms with Gasteiger partial charge < -0.3 is 19.9 Å². The van der Waals surface area contributed by atoms with Crippen LogP contribution in [0.1, 0.15) is 31.1 Å². The molecule has 0 aliphatic carbocycles. The second-order valence-corrected chi connectivity index (χ2v) is 4.93. The Hall–Kier alpha value is -2.08. The molecule has 6 heteroatoms. The van der Waals surface area contributed by atoms with Gasteiger partial charge in [-0.25, -0.2) is 9.59 Å². The number of hydrogen-bond donors (Lipinski definition) is 2. The van der Waals surface area contributed by atoms with Crippen LogP contribution in [0.3, 0.4) is 0 Å². The molecule has 2 N–H and O–H groups in total. The number of aliphatic hydroxyl groups excluding tert-OH is 1. The molecule has 6 nitrogen and oxygen atoms in total. The fraction of sp³-hybridized carbons (Fsp3) is 0.429. The van der Waals surface area contributed by atoms with E-state index in [1.807, 2.05) is 0 Å². The number of amides is 1. The Morgan fingerprint density at radius 1 is 1.25 bits per heavy atom. The van der Waals surface area contributed by atoms with E-state index in [2.05, 4.69) is 10.1 Å². The summed E-state index contributed by atoms with van der Waals surface area (Å²) in [4.78, 5) is 22.9. The first-order chi connectivity index (χ1) is 9.26. The molecule has 0 saturated heterocycles. The molecule has 0 fully saturated rings. The van der Waals surface area contributed by atoms with Crippen molar-refractivity contribution in [1.29, 1.82) is 0 Å². The zero-order chi connectivity index (χ0) is 15.3. The Bertz CT molecular complexity index is 479. The van der Waals surface area contributed by atoms with Gasteiger partial charge in [-0.15, -0.1) is 0 Å². The first kappa shape index (κ1) is 16.0. The number of carbonyl (C=O) groups excluding carboxylic acids is 2. The van der Waals surface area contributed by atoms with Crippen molar-refractivity contribution in [2.24, 2.45) is 0 Å². The Morgan fingerprint density at radius 2 is 1.80 bits per heavy atom. The van der Waals surface area contributed by atoms with E-state index in [1.54, 1.807) is 20.8 Å². The monoisotopic (exact) mass is 281 g/mol. The minimum absolute atomic E-state index is 0.288. The first-order valence-corrected chi connectivity index (χ1v) is 6.12. The van der Waals surface area contributed by atoms with E-state index in [-0.39, 0.29) is 5.75 Å². The molecule has 1 rings (SSSR count). The second-order valence-electron chi connectivity index (χ2n) is 4.93. The molecule has 0 radical (unpaired) electrons. The van der Waals surface area contributed by atoms with Crippen molar-refractivity contribution in [3.8, 4) is 5.75 Å². The van der Waals surface area contributed by atoms with Crippen molar-refractivity contribution in [2.75, 3.05) is 7.11 Å². The van der Waals surface area contributed by atoms with Crippen LogP contribution in [0.2, 0.25) is 0 Å². The smallest absolute Gasteiger partial charge is 0.413 e. The van der Waals surface area contributed by atoms with Crippen LogP contribution < -0.4 is 10.1 Å². The quantitative estimate of drug-likeness (QED) is 0.821. The largest absolute Gasteiger partial charge is 0.465 e. The Labute approximate surface area is 117 Å². The summed E-state index contributed by atoms with van der Waals surface area (Å²) in [6, 6.07) is 5.96. The van der Waals surface area contributed by atoms with Gasteiger partial charge in [-0.05, 0) is 45.0 Å². The van der Waals surface area contributed by atoms with Crippen molar-refractivity contribution < 1.29 is 24.2 Å². The summed E-state index contributed by atoms with van der Waals surface area (Å²) in [7, 11) is 1.29. The molecule has 0 aromatic heterocycles. The van der Waals surface area contributed by atoms with Crippen LogP contribution in [-0.2, 0) is 4.74 Å². The zero-order valence-electron chi connectivity index (χ0n) is 12.0. The van der Waals surface area contributed by atoms with E-state index in [1.165, 1.54) is 31.4 Å². The average Bonchev–Trinajstić information content (AvgIpc) is 2.37. The highest BCUT2D eigenvalue weighted by Gasteiger charge is 2.26. The number of nitrogens with one attached hydrogen (secondary N) is 1. The summed E-state index contributed by atoms with van der Waals surface area (Å²) in [6.07, 6.45) is -1.40. The average molecular weight is 281 g/mol. The number of esters is 1. The van der Waals surface area contributed by atoms with Crippen molar-refractivity contribution in [3.05, 3.63) is 29.8 Å². The number of methoxy groups -OCH3 is 1. The van der Waals surface area contributed by atoms with Gasteiger partial charge in [-0.3, -0.25) is 0 Å². The van der Waals surface area contributed by atoms with Gasteiger partial charge in [-0.2, -0.15) is 0 Å². The minimum Gasteiger partial charge on any atom is -0.465 e. The van der Waals surface area contributed by atoms with Crippen molar-refractivity contribution in [1.82, 2.24) is 5.32 Å². The minimum atomic E-state index is -0.803. The van der Waals surface area contributed by atoms with Crippen LogP contribution in [0.25, 0.3) is 0 Å². The normalized spacial score (nSPS) is 12.4. The number of rotatable bonds is 4. The lowest BCUT2D eigenvalue weighted by molar-refractivity contribution is 0.0600. The Morgan fingerprint density at radius 3 is 2.25 bits per heavy atom.